The van der Waals surface area contributed by atoms with E-state index in [2.05, 4.69) is 16.0 Å². The van der Waals surface area contributed by atoms with E-state index in [1.54, 1.807) is 0 Å². The number of carbonyl (C=O) groups is 3. The Morgan fingerprint density at radius 3 is 1.16 bits per heavy atom. The van der Waals surface area contributed by atoms with Crippen LogP contribution < -0.4 is 16.0 Å². The summed E-state index contributed by atoms with van der Waals surface area (Å²) in [5.41, 5.74) is 0. The van der Waals surface area contributed by atoms with Crippen molar-refractivity contribution >= 4 is 17.7 Å². The first-order valence-corrected chi connectivity index (χ1v) is 8.02. The molecule has 0 aliphatic carbocycles. The number of carbonyl (C=O) groups excluding carboxylic acids is 3. The summed E-state index contributed by atoms with van der Waals surface area (Å²) in [6, 6.07) is 0. The molecule has 10 nitrogen and oxygen atoms in total. The summed E-state index contributed by atoms with van der Waals surface area (Å²) in [5.74, 6) is -0.572. The Hall–Kier alpha value is -1.75. The molecule has 0 radical (unpaired) electrons. The molecule has 0 aliphatic heterocycles. The molecule has 0 aromatic rings. The smallest absolute Gasteiger partial charge is 0.246 e. The van der Waals surface area contributed by atoms with Gasteiger partial charge in [0.05, 0.1) is 0 Å². The van der Waals surface area contributed by atoms with Gasteiger partial charge in [-0.25, -0.2) is 0 Å². The third-order valence-electron chi connectivity index (χ3n) is 3.08. The standard InChI is InChI=1S/C15H30N4O6/c1-23-10-13(20)16-4-7-19(8-5-17-14(21)11-24-2)9-6-18-15(22)12-25-3/h4-12H2,1-3H3,(H,16,20)(H,17,21)(H,18,22). The minimum Gasteiger partial charge on any atom is -0.375 e. The fraction of sp³-hybridized carbons (Fsp3) is 0.800. The zero-order valence-electron chi connectivity index (χ0n) is 15.3. The van der Waals surface area contributed by atoms with E-state index in [9.17, 15) is 14.4 Å². The summed E-state index contributed by atoms with van der Waals surface area (Å²) in [7, 11) is 4.37. The molecule has 0 spiro atoms. The molecule has 25 heavy (non-hydrogen) atoms. The molecule has 146 valence electrons. The van der Waals surface area contributed by atoms with E-state index in [-0.39, 0.29) is 37.5 Å². The van der Waals surface area contributed by atoms with Gasteiger partial charge < -0.3 is 30.2 Å². The molecule has 0 heterocycles. The van der Waals surface area contributed by atoms with Crippen LogP contribution in [0.25, 0.3) is 0 Å². The first-order valence-electron chi connectivity index (χ1n) is 8.02. The van der Waals surface area contributed by atoms with Crippen LogP contribution in [0.4, 0.5) is 0 Å². The Morgan fingerprint density at radius 2 is 0.920 bits per heavy atom. The van der Waals surface area contributed by atoms with Gasteiger partial charge in [0.15, 0.2) is 0 Å². The van der Waals surface area contributed by atoms with Crippen molar-refractivity contribution in [3.8, 4) is 0 Å². The van der Waals surface area contributed by atoms with Gasteiger partial charge in [-0.3, -0.25) is 19.3 Å². The molecule has 0 aliphatic rings. The summed E-state index contributed by atoms with van der Waals surface area (Å²) in [6.07, 6.45) is 0. The highest BCUT2D eigenvalue weighted by atomic mass is 16.5. The molecule has 3 N–H and O–H groups in total. The zero-order chi connectivity index (χ0) is 18.9. The highest BCUT2D eigenvalue weighted by molar-refractivity contribution is 5.77. The van der Waals surface area contributed by atoms with Crippen molar-refractivity contribution in [2.24, 2.45) is 0 Å². The number of hydrogen-bond acceptors (Lipinski definition) is 7. The van der Waals surface area contributed by atoms with Gasteiger partial charge in [0.1, 0.15) is 19.8 Å². The van der Waals surface area contributed by atoms with E-state index in [1.165, 1.54) is 21.3 Å². The van der Waals surface area contributed by atoms with Crippen LogP contribution in [0.3, 0.4) is 0 Å². The molecule has 0 bridgehead atoms. The molecule has 10 heteroatoms. The topological polar surface area (TPSA) is 118 Å². The van der Waals surface area contributed by atoms with Gasteiger partial charge in [0.25, 0.3) is 0 Å². The van der Waals surface area contributed by atoms with Gasteiger partial charge in [-0.05, 0) is 0 Å². The van der Waals surface area contributed by atoms with Gasteiger partial charge in [-0.2, -0.15) is 0 Å². The summed E-state index contributed by atoms with van der Waals surface area (Å²) >= 11 is 0. The average molecular weight is 362 g/mol. The van der Waals surface area contributed by atoms with Crippen molar-refractivity contribution in [1.82, 2.24) is 20.9 Å². The highest BCUT2D eigenvalue weighted by Gasteiger charge is 2.08. The lowest BCUT2D eigenvalue weighted by Gasteiger charge is -2.23. The number of nitrogens with one attached hydrogen (secondary N) is 3. The summed E-state index contributed by atoms with van der Waals surface area (Å²) in [6.45, 7) is 3.11. The Morgan fingerprint density at radius 1 is 0.640 bits per heavy atom. The Balaban J connectivity index is 4.17. The van der Waals surface area contributed by atoms with Crippen LogP contribution in [0.2, 0.25) is 0 Å². The number of rotatable bonds is 15. The quantitative estimate of drug-likeness (QED) is 0.297. The fourth-order valence-electron chi connectivity index (χ4n) is 1.94. The summed E-state index contributed by atoms with van der Waals surface area (Å²) < 4.78 is 14.2. The van der Waals surface area contributed by atoms with Crippen molar-refractivity contribution in [2.45, 2.75) is 0 Å². The van der Waals surface area contributed by atoms with E-state index in [0.717, 1.165) is 0 Å². The lowest BCUT2D eigenvalue weighted by molar-refractivity contribution is -0.125. The maximum absolute atomic E-state index is 11.4. The molecule has 0 unspecified atom stereocenters. The Labute approximate surface area is 148 Å². The summed E-state index contributed by atoms with van der Waals surface area (Å²) in [4.78, 5) is 36.2. The molecule has 0 atom stereocenters. The average Bonchev–Trinajstić information content (AvgIpc) is 2.55. The van der Waals surface area contributed by atoms with Gasteiger partial charge in [-0.1, -0.05) is 0 Å². The van der Waals surface area contributed by atoms with Gasteiger partial charge in [0, 0.05) is 60.6 Å². The predicted octanol–water partition coefficient (Wildman–Crippen LogP) is -2.42. The monoisotopic (exact) mass is 362 g/mol. The van der Waals surface area contributed by atoms with E-state index in [0.29, 0.717) is 39.3 Å². The largest absolute Gasteiger partial charge is 0.375 e. The van der Waals surface area contributed by atoms with Crippen LogP contribution in [0.5, 0.6) is 0 Å². The van der Waals surface area contributed by atoms with Crippen molar-refractivity contribution in [2.75, 3.05) is 80.4 Å². The number of amides is 3. The second kappa shape index (κ2) is 15.8. The second-order valence-corrected chi connectivity index (χ2v) is 5.19. The lowest BCUT2D eigenvalue weighted by atomic mass is 10.4. The maximum Gasteiger partial charge on any atom is 0.246 e. The van der Waals surface area contributed by atoms with Gasteiger partial charge in [0.2, 0.25) is 17.7 Å². The molecule has 0 aromatic heterocycles. The van der Waals surface area contributed by atoms with Crippen molar-refractivity contribution < 1.29 is 28.6 Å². The molecular formula is C15H30N4O6. The fourth-order valence-corrected chi connectivity index (χ4v) is 1.94. The van der Waals surface area contributed by atoms with Crippen LogP contribution in [0.1, 0.15) is 0 Å². The second-order valence-electron chi connectivity index (χ2n) is 5.19. The minimum absolute atomic E-state index is 0.0140. The molecular weight excluding hydrogens is 332 g/mol. The van der Waals surface area contributed by atoms with Gasteiger partial charge in [-0.15, -0.1) is 0 Å². The molecule has 0 saturated heterocycles. The Bertz CT molecular complexity index is 337. The van der Waals surface area contributed by atoms with Crippen molar-refractivity contribution in [1.29, 1.82) is 0 Å². The van der Waals surface area contributed by atoms with E-state index < -0.39 is 0 Å². The molecule has 3 amide bonds. The van der Waals surface area contributed by atoms with Crippen LogP contribution in [-0.2, 0) is 28.6 Å². The first kappa shape index (κ1) is 23.2. The van der Waals surface area contributed by atoms with E-state index in [1.807, 2.05) is 4.90 Å². The van der Waals surface area contributed by atoms with Crippen LogP contribution in [0, 0.1) is 0 Å². The number of methoxy groups -OCH3 is 3. The summed E-state index contributed by atoms with van der Waals surface area (Å²) in [5, 5.41) is 8.20. The minimum atomic E-state index is -0.191. The number of hydrogen-bond donors (Lipinski definition) is 3. The van der Waals surface area contributed by atoms with E-state index in [4.69, 9.17) is 14.2 Å². The molecule has 0 rings (SSSR count). The van der Waals surface area contributed by atoms with Gasteiger partial charge >= 0.3 is 0 Å². The van der Waals surface area contributed by atoms with Crippen LogP contribution >= 0.6 is 0 Å². The molecule has 0 fully saturated rings. The third-order valence-corrected chi connectivity index (χ3v) is 3.08. The number of ether oxygens (including phenoxy) is 3. The molecule has 0 aromatic carbocycles. The maximum atomic E-state index is 11.4. The number of nitrogens with zero attached hydrogens (tertiary/aromatic N) is 1. The zero-order valence-corrected chi connectivity index (χ0v) is 15.3. The third kappa shape index (κ3) is 14.3. The first-order chi connectivity index (χ1) is 12.0. The highest BCUT2D eigenvalue weighted by Crippen LogP contribution is 1.87. The molecule has 0 saturated carbocycles. The normalized spacial score (nSPS) is 10.6. The van der Waals surface area contributed by atoms with Crippen LogP contribution in [-0.4, -0.2) is 103 Å². The SMILES string of the molecule is COCC(=O)NCCN(CCNC(=O)COC)CCNC(=O)COC. The van der Waals surface area contributed by atoms with E-state index >= 15 is 0 Å². The van der Waals surface area contributed by atoms with Crippen LogP contribution in [0.15, 0.2) is 0 Å². The predicted molar refractivity (Wildman–Crippen MR) is 91.1 cm³/mol. The Kier molecular flexibility index (Phi) is 14.7. The van der Waals surface area contributed by atoms with Crippen molar-refractivity contribution in [3.63, 3.8) is 0 Å². The van der Waals surface area contributed by atoms with Crippen molar-refractivity contribution in [3.05, 3.63) is 0 Å². The lowest BCUT2D eigenvalue weighted by Crippen LogP contribution is -2.44.